The van der Waals surface area contributed by atoms with Gasteiger partial charge in [0.25, 0.3) is 5.91 Å². The summed E-state index contributed by atoms with van der Waals surface area (Å²) in [5.74, 6) is -1.64. The number of fused-ring (bicyclic) bond motifs is 2. The van der Waals surface area contributed by atoms with Gasteiger partial charge in [0.2, 0.25) is 5.91 Å². The molecule has 0 spiro atoms. The first-order valence-corrected chi connectivity index (χ1v) is 11.5. The van der Waals surface area contributed by atoms with Crippen molar-refractivity contribution in [2.24, 2.45) is 5.92 Å². The van der Waals surface area contributed by atoms with Gasteiger partial charge in [-0.2, -0.15) is 0 Å². The summed E-state index contributed by atoms with van der Waals surface area (Å²) in [7, 11) is 0. The molecule has 34 heavy (non-hydrogen) atoms. The number of imide groups is 1. The highest BCUT2D eigenvalue weighted by Gasteiger charge is 2.36. The van der Waals surface area contributed by atoms with E-state index in [2.05, 4.69) is 4.98 Å². The van der Waals surface area contributed by atoms with Gasteiger partial charge in [-0.15, -0.1) is 0 Å². The van der Waals surface area contributed by atoms with Gasteiger partial charge in [0, 0.05) is 23.6 Å². The minimum Gasteiger partial charge on any atom is -0.481 e. The summed E-state index contributed by atoms with van der Waals surface area (Å²) in [5, 5.41) is 10.2. The molecule has 2 heterocycles. The lowest BCUT2D eigenvalue weighted by atomic mass is 9.99. The molecule has 176 valence electrons. The van der Waals surface area contributed by atoms with Gasteiger partial charge < -0.3 is 15.0 Å². The number of aromatic nitrogens is 1. The number of para-hydroxylation sites is 1. The normalized spacial score (nSPS) is 15.3. The molecule has 7 nitrogen and oxygen atoms in total. The smallest absolute Gasteiger partial charge is 0.305 e. The summed E-state index contributed by atoms with van der Waals surface area (Å²) in [4.78, 5) is 44.4. The zero-order chi connectivity index (χ0) is 24.4. The van der Waals surface area contributed by atoms with E-state index >= 15 is 0 Å². The lowest BCUT2D eigenvalue weighted by Crippen LogP contribution is -2.42. The van der Waals surface area contributed by atoms with E-state index in [-0.39, 0.29) is 31.5 Å². The van der Waals surface area contributed by atoms with Crippen LogP contribution in [0.1, 0.15) is 54.7 Å². The van der Waals surface area contributed by atoms with Crippen LogP contribution in [-0.4, -0.2) is 45.9 Å². The van der Waals surface area contributed by atoms with Crippen molar-refractivity contribution in [2.75, 3.05) is 18.0 Å². The molecule has 2 aromatic carbocycles. The number of H-pyrrole nitrogens is 1. The Morgan fingerprint density at radius 2 is 1.88 bits per heavy atom. The Kier molecular flexibility index (Phi) is 6.54. The highest BCUT2D eigenvalue weighted by atomic mass is 16.4. The number of carboxylic acid groups (broad SMARTS) is 1. The predicted octanol–water partition coefficient (Wildman–Crippen LogP) is 4.86. The van der Waals surface area contributed by atoms with Crippen molar-refractivity contribution in [3.05, 3.63) is 71.4 Å². The molecule has 0 bridgehead atoms. The van der Waals surface area contributed by atoms with Crippen molar-refractivity contribution in [1.29, 1.82) is 0 Å². The topological polar surface area (TPSA) is 93.7 Å². The number of hydrogen-bond acceptors (Lipinski definition) is 4. The summed E-state index contributed by atoms with van der Waals surface area (Å²) in [5.41, 5.74) is 3.81. The maximum absolute atomic E-state index is 13.6. The van der Waals surface area contributed by atoms with Crippen LogP contribution in [0, 0.1) is 5.92 Å². The monoisotopic (exact) mass is 459 g/mol. The number of aliphatic carboxylic acids is 1. The molecule has 3 aromatic rings. The molecule has 0 saturated carbocycles. The van der Waals surface area contributed by atoms with E-state index < -0.39 is 17.8 Å². The lowest BCUT2D eigenvalue weighted by Gasteiger charge is -2.30. The Balaban J connectivity index is 1.85. The summed E-state index contributed by atoms with van der Waals surface area (Å²) in [6.45, 7) is 5.92. The summed E-state index contributed by atoms with van der Waals surface area (Å²) >= 11 is 0. The van der Waals surface area contributed by atoms with E-state index in [0.29, 0.717) is 16.8 Å². The third kappa shape index (κ3) is 4.46. The second-order valence-corrected chi connectivity index (χ2v) is 8.93. The van der Waals surface area contributed by atoms with Crippen LogP contribution in [0.4, 0.5) is 5.69 Å². The minimum absolute atomic E-state index is 0.0314. The third-order valence-electron chi connectivity index (χ3n) is 6.20. The fraction of sp³-hybridized carbons (Fsp3) is 0.296. The Morgan fingerprint density at radius 3 is 2.62 bits per heavy atom. The first kappa shape index (κ1) is 23.3. The first-order valence-electron chi connectivity index (χ1n) is 11.5. The number of carboxylic acids is 1. The first-order chi connectivity index (χ1) is 16.3. The van der Waals surface area contributed by atoms with E-state index in [1.165, 1.54) is 0 Å². The zero-order valence-corrected chi connectivity index (χ0v) is 19.6. The average molecular weight is 460 g/mol. The number of hydrogen-bond donors (Lipinski definition) is 2. The number of carbonyl (C=O) groups excluding carboxylic acids is 2. The molecule has 1 aliphatic rings. The lowest BCUT2D eigenvalue weighted by molar-refractivity contribution is -0.137. The molecular formula is C27H29N3O4. The molecule has 0 radical (unpaired) electrons. The number of allylic oxidation sites excluding steroid dienone is 1. The van der Waals surface area contributed by atoms with Gasteiger partial charge in [0.15, 0.2) is 0 Å². The van der Waals surface area contributed by atoms with Crippen molar-refractivity contribution in [3.8, 4) is 0 Å². The van der Waals surface area contributed by atoms with E-state index in [9.17, 15) is 19.5 Å². The van der Waals surface area contributed by atoms with Crippen molar-refractivity contribution in [3.63, 3.8) is 0 Å². The number of aromatic amines is 1. The van der Waals surface area contributed by atoms with Gasteiger partial charge in [-0.1, -0.05) is 56.3 Å². The Bertz CT molecular complexity index is 1270. The third-order valence-corrected chi connectivity index (χ3v) is 6.20. The predicted molar refractivity (Wildman–Crippen MR) is 133 cm³/mol. The van der Waals surface area contributed by atoms with Gasteiger partial charge in [0.1, 0.15) is 0 Å². The summed E-state index contributed by atoms with van der Waals surface area (Å²) in [6, 6.07) is 13.4. The molecule has 1 aromatic heterocycles. The van der Waals surface area contributed by atoms with E-state index in [1.54, 1.807) is 0 Å². The molecule has 4 rings (SSSR count). The Hall–Kier alpha value is -3.87. The maximum Gasteiger partial charge on any atom is 0.305 e. The largest absolute Gasteiger partial charge is 0.481 e. The molecule has 1 aliphatic heterocycles. The van der Waals surface area contributed by atoms with Gasteiger partial charge >= 0.3 is 5.97 Å². The number of rotatable bonds is 7. The highest BCUT2D eigenvalue weighted by molar-refractivity contribution is 6.13. The summed E-state index contributed by atoms with van der Waals surface area (Å²) in [6.07, 6.45) is 5.55. The Labute approximate surface area is 198 Å². The summed E-state index contributed by atoms with van der Waals surface area (Å²) < 4.78 is 0. The van der Waals surface area contributed by atoms with Gasteiger partial charge in [-0.25, -0.2) is 0 Å². The molecule has 1 atom stereocenters. The molecule has 1 unspecified atom stereocenters. The van der Waals surface area contributed by atoms with Crippen LogP contribution < -0.4 is 4.90 Å². The average Bonchev–Trinajstić information content (AvgIpc) is 3.20. The second kappa shape index (κ2) is 9.55. The van der Waals surface area contributed by atoms with Crippen molar-refractivity contribution in [2.45, 2.75) is 33.2 Å². The van der Waals surface area contributed by atoms with E-state index in [1.807, 2.05) is 86.5 Å². The van der Waals surface area contributed by atoms with Gasteiger partial charge in [-0.3, -0.25) is 19.3 Å². The fourth-order valence-corrected chi connectivity index (χ4v) is 4.42. The van der Waals surface area contributed by atoms with Gasteiger partial charge in [0.05, 0.1) is 30.3 Å². The van der Waals surface area contributed by atoms with Crippen molar-refractivity contribution < 1.29 is 19.5 Å². The van der Waals surface area contributed by atoms with E-state index in [0.717, 1.165) is 21.4 Å². The number of anilines is 1. The molecule has 7 heteroatoms. The van der Waals surface area contributed by atoms with Crippen molar-refractivity contribution >= 4 is 40.4 Å². The van der Waals surface area contributed by atoms with Crippen LogP contribution in [-0.2, 0) is 9.59 Å². The molecule has 0 fully saturated rings. The number of carbonyl (C=O) groups is 3. The van der Waals surface area contributed by atoms with Crippen LogP contribution in [0.5, 0.6) is 0 Å². The number of nitrogens with one attached hydrogen (secondary N) is 1. The number of amides is 2. The van der Waals surface area contributed by atoms with Crippen molar-refractivity contribution in [1.82, 2.24) is 9.88 Å². The molecule has 0 saturated heterocycles. The zero-order valence-electron chi connectivity index (χ0n) is 19.6. The number of benzene rings is 2. The highest BCUT2D eigenvalue weighted by Crippen LogP contribution is 2.37. The molecule has 0 aliphatic carbocycles. The SMILES string of the molecule is CC(C)C=Cc1cccc2c1C(=O)N(CCC(=O)O)C(=O)CN2C(C)c1c[nH]c2ccccc12. The fourth-order valence-electron chi connectivity index (χ4n) is 4.42. The van der Waals surface area contributed by atoms with Crippen LogP contribution in [0.15, 0.2) is 54.7 Å². The van der Waals surface area contributed by atoms with Gasteiger partial charge in [-0.05, 0) is 36.1 Å². The standard InChI is InChI=1S/C27H29N3O4/c1-17(2)11-12-19-7-6-10-23-26(19)27(34)29(14-13-25(32)33)24(31)16-30(23)18(3)21-15-28-22-9-5-4-8-20(21)22/h4-12,15,17-18,28H,13-14,16H2,1-3H3,(H,32,33). The van der Waals surface area contributed by atoms with Crippen LogP contribution >= 0.6 is 0 Å². The Morgan fingerprint density at radius 1 is 1.12 bits per heavy atom. The molecular weight excluding hydrogens is 430 g/mol. The number of nitrogens with zero attached hydrogens (tertiary/aromatic N) is 2. The van der Waals surface area contributed by atoms with Crippen LogP contribution in [0.25, 0.3) is 17.0 Å². The van der Waals surface area contributed by atoms with Crippen LogP contribution in [0.2, 0.25) is 0 Å². The quantitative estimate of drug-likeness (QED) is 0.492. The maximum atomic E-state index is 13.6. The second-order valence-electron chi connectivity index (χ2n) is 8.93. The van der Waals surface area contributed by atoms with E-state index in [4.69, 9.17) is 0 Å². The molecule has 2 N–H and O–H groups in total. The van der Waals surface area contributed by atoms with Crippen LogP contribution in [0.3, 0.4) is 0 Å². The minimum atomic E-state index is -1.05. The molecule has 2 amide bonds.